The van der Waals surface area contributed by atoms with Gasteiger partial charge in [-0.25, -0.2) is 0 Å². The zero-order chi connectivity index (χ0) is 9.80. The molecule has 1 saturated carbocycles. The predicted octanol–water partition coefficient (Wildman–Crippen LogP) is 2.49. The first-order chi connectivity index (χ1) is 6.01. The highest BCUT2D eigenvalue weighted by Crippen LogP contribution is 2.56. The summed E-state index contributed by atoms with van der Waals surface area (Å²) >= 11 is 0. The second kappa shape index (κ2) is 2.48. The molecule has 2 aliphatic carbocycles. The minimum Gasteiger partial charge on any atom is -0.323 e. The smallest absolute Gasteiger partial charge is 0.0362 e. The SMILES string of the molecule is C=C1C(N)C1C1=CC(C)(CC)C1C. The van der Waals surface area contributed by atoms with E-state index in [1.807, 2.05) is 0 Å². The lowest BCUT2D eigenvalue weighted by atomic mass is 9.61. The highest BCUT2D eigenvalue weighted by atomic mass is 14.8. The maximum atomic E-state index is 5.87. The lowest BCUT2D eigenvalue weighted by Crippen LogP contribution is -2.34. The fourth-order valence-electron chi connectivity index (χ4n) is 2.44. The average molecular weight is 177 g/mol. The summed E-state index contributed by atoms with van der Waals surface area (Å²) in [5.74, 6) is 1.22. The van der Waals surface area contributed by atoms with Crippen molar-refractivity contribution in [1.82, 2.24) is 0 Å². The Labute approximate surface area is 80.7 Å². The third-order valence-electron chi connectivity index (χ3n) is 4.18. The van der Waals surface area contributed by atoms with E-state index >= 15 is 0 Å². The first-order valence-electron chi connectivity index (χ1n) is 5.18. The van der Waals surface area contributed by atoms with E-state index in [4.69, 9.17) is 5.73 Å². The third kappa shape index (κ3) is 1.03. The Morgan fingerprint density at radius 1 is 1.62 bits per heavy atom. The third-order valence-corrected chi connectivity index (χ3v) is 4.18. The predicted molar refractivity (Wildman–Crippen MR) is 56.3 cm³/mol. The van der Waals surface area contributed by atoms with Gasteiger partial charge >= 0.3 is 0 Å². The molecule has 0 spiro atoms. The van der Waals surface area contributed by atoms with Crippen molar-refractivity contribution < 1.29 is 0 Å². The van der Waals surface area contributed by atoms with E-state index in [2.05, 4.69) is 33.4 Å². The Hall–Kier alpha value is -0.560. The molecular weight excluding hydrogens is 158 g/mol. The van der Waals surface area contributed by atoms with Crippen molar-refractivity contribution in [2.24, 2.45) is 23.0 Å². The van der Waals surface area contributed by atoms with Crippen LogP contribution in [0.1, 0.15) is 27.2 Å². The molecule has 2 aliphatic rings. The summed E-state index contributed by atoms with van der Waals surface area (Å²) in [7, 11) is 0. The topological polar surface area (TPSA) is 26.0 Å². The summed E-state index contributed by atoms with van der Waals surface area (Å²) in [5, 5.41) is 0. The van der Waals surface area contributed by atoms with Crippen LogP contribution in [0.3, 0.4) is 0 Å². The van der Waals surface area contributed by atoms with Crippen LogP contribution in [0.2, 0.25) is 0 Å². The number of nitrogens with two attached hydrogens (primary N) is 1. The van der Waals surface area contributed by atoms with Gasteiger partial charge in [-0.3, -0.25) is 0 Å². The minimum absolute atomic E-state index is 0.259. The van der Waals surface area contributed by atoms with Crippen molar-refractivity contribution in [1.29, 1.82) is 0 Å². The van der Waals surface area contributed by atoms with Crippen LogP contribution in [0.4, 0.5) is 0 Å². The fourth-order valence-corrected chi connectivity index (χ4v) is 2.44. The van der Waals surface area contributed by atoms with E-state index in [-0.39, 0.29) is 6.04 Å². The van der Waals surface area contributed by atoms with Gasteiger partial charge in [-0.2, -0.15) is 0 Å². The summed E-state index contributed by atoms with van der Waals surface area (Å²) < 4.78 is 0. The maximum Gasteiger partial charge on any atom is 0.0362 e. The molecule has 4 unspecified atom stereocenters. The van der Waals surface area contributed by atoms with Crippen molar-refractivity contribution in [2.75, 3.05) is 0 Å². The molecule has 0 aromatic heterocycles. The molecule has 0 aromatic rings. The lowest BCUT2D eigenvalue weighted by Gasteiger charge is -2.43. The van der Waals surface area contributed by atoms with E-state index in [1.54, 1.807) is 5.57 Å². The first-order valence-corrected chi connectivity index (χ1v) is 5.18. The quantitative estimate of drug-likeness (QED) is 0.644. The molecule has 2 rings (SSSR count). The van der Waals surface area contributed by atoms with Crippen LogP contribution in [-0.4, -0.2) is 6.04 Å². The summed E-state index contributed by atoms with van der Waals surface area (Å²) in [5.41, 5.74) is 9.08. The van der Waals surface area contributed by atoms with Gasteiger partial charge in [-0.05, 0) is 17.8 Å². The maximum absolute atomic E-state index is 5.87. The fraction of sp³-hybridized carbons (Fsp3) is 0.667. The monoisotopic (exact) mass is 177 g/mol. The Kier molecular flexibility index (Phi) is 1.72. The molecule has 72 valence electrons. The van der Waals surface area contributed by atoms with Gasteiger partial charge in [0.15, 0.2) is 0 Å². The van der Waals surface area contributed by atoms with Crippen molar-refractivity contribution in [3.63, 3.8) is 0 Å². The van der Waals surface area contributed by atoms with Crippen LogP contribution in [-0.2, 0) is 0 Å². The van der Waals surface area contributed by atoms with Gasteiger partial charge in [0.05, 0.1) is 0 Å². The Morgan fingerprint density at radius 3 is 2.46 bits per heavy atom. The molecule has 0 bridgehead atoms. The van der Waals surface area contributed by atoms with E-state index < -0.39 is 0 Å². The van der Waals surface area contributed by atoms with E-state index in [0.29, 0.717) is 17.3 Å². The molecule has 1 fully saturated rings. The zero-order valence-corrected chi connectivity index (χ0v) is 8.80. The van der Waals surface area contributed by atoms with Crippen LogP contribution >= 0.6 is 0 Å². The number of rotatable bonds is 2. The number of allylic oxidation sites excluding steroid dienone is 1. The van der Waals surface area contributed by atoms with E-state index in [0.717, 1.165) is 0 Å². The largest absolute Gasteiger partial charge is 0.323 e. The summed E-state index contributed by atoms with van der Waals surface area (Å²) in [6.45, 7) is 10.9. The Bertz CT molecular complexity index is 289. The van der Waals surface area contributed by atoms with Crippen LogP contribution in [0.25, 0.3) is 0 Å². The van der Waals surface area contributed by atoms with Crippen molar-refractivity contribution in [3.8, 4) is 0 Å². The van der Waals surface area contributed by atoms with Gasteiger partial charge in [-0.1, -0.05) is 44.6 Å². The summed E-state index contributed by atoms with van der Waals surface area (Å²) in [6.07, 6.45) is 3.65. The molecular formula is C12H19N. The molecule has 1 nitrogen and oxygen atoms in total. The van der Waals surface area contributed by atoms with Crippen LogP contribution in [0, 0.1) is 17.3 Å². The minimum atomic E-state index is 0.259. The molecule has 4 atom stereocenters. The molecule has 0 radical (unpaired) electrons. The van der Waals surface area contributed by atoms with Crippen LogP contribution in [0.5, 0.6) is 0 Å². The second-order valence-corrected chi connectivity index (χ2v) is 4.80. The van der Waals surface area contributed by atoms with Gasteiger partial charge in [-0.15, -0.1) is 0 Å². The van der Waals surface area contributed by atoms with Crippen molar-refractivity contribution in [2.45, 2.75) is 33.2 Å². The lowest BCUT2D eigenvalue weighted by molar-refractivity contribution is 0.243. The van der Waals surface area contributed by atoms with Crippen molar-refractivity contribution in [3.05, 3.63) is 23.8 Å². The highest BCUT2D eigenvalue weighted by molar-refractivity contribution is 5.47. The van der Waals surface area contributed by atoms with Gasteiger partial charge in [0.2, 0.25) is 0 Å². The molecule has 0 saturated heterocycles. The molecule has 2 N–H and O–H groups in total. The van der Waals surface area contributed by atoms with Crippen LogP contribution < -0.4 is 5.73 Å². The molecule has 0 aliphatic heterocycles. The van der Waals surface area contributed by atoms with Crippen molar-refractivity contribution >= 4 is 0 Å². The number of hydrogen-bond acceptors (Lipinski definition) is 1. The van der Waals surface area contributed by atoms with E-state index in [1.165, 1.54) is 12.0 Å². The molecule has 0 heterocycles. The van der Waals surface area contributed by atoms with Gasteiger partial charge in [0, 0.05) is 12.0 Å². The van der Waals surface area contributed by atoms with Crippen LogP contribution in [0.15, 0.2) is 23.8 Å². The second-order valence-electron chi connectivity index (χ2n) is 4.80. The summed E-state index contributed by atoms with van der Waals surface area (Å²) in [6, 6.07) is 0.259. The van der Waals surface area contributed by atoms with Gasteiger partial charge in [0.1, 0.15) is 0 Å². The van der Waals surface area contributed by atoms with E-state index in [9.17, 15) is 0 Å². The molecule has 0 amide bonds. The standard InChI is InChI=1S/C12H19N/c1-5-12(4)6-9(8(12)3)10-7(2)11(10)13/h6,8,10-11H,2,5,13H2,1,3-4H3. The average Bonchev–Trinajstić information content (AvgIpc) is 2.70. The summed E-state index contributed by atoms with van der Waals surface area (Å²) in [4.78, 5) is 0. The zero-order valence-electron chi connectivity index (χ0n) is 8.80. The Balaban J connectivity index is 2.14. The molecule has 0 aromatic carbocycles. The Morgan fingerprint density at radius 2 is 2.15 bits per heavy atom. The normalized spacial score (nSPS) is 48.5. The highest BCUT2D eigenvalue weighted by Gasteiger charge is 2.50. The van der Waals surface area contributed by atoms with Gasteiger partial charge < -0.3 is 5.73 Å². The number of hydrogen-bond donors (Lipinski definition) is 1. The van der Waals surface area contributed by atoms with Gasteiger partial charge in [0.25, 0.3) is 0 Å². The molecule has 1 heteroatoms. The first kappa shape index (κ1) is 9.01. The molecule has 13 heavy (non-hydrogen) atoms.